The Bertz CT molecular complexity index is 425. The Morgan fingerprint density at radius 1 is 1.25 bits per heavy atom. The Hall–Kier alpha value is -1.26. The van der Waals surface area contributed by atoms with Crippen LogP contribution in [0.25, 0.3) is 10.7 Å². The average molecular weight is 233 g/mol. The molecule has 0 aromatic carbocycles. The zero-order valence-corrected chi connectivity index (χ0v) is 9.91. The van der Waals surface area contributed by atoms with E-state index in [1.165, 1.54) is 0 Å². The van der Waals surface area contributed by atoms with E-state index < -0.39 is 0 Å². The van der Waals surface area contributed by atoms with Crippen molar-refractivity contribution >= 4 is 11.3 Å². The molecule has 2 aromatic heterocycles. The second-order valence-corrected chi connectivity index (χ2v) is 4.46. The van der Waals surface area contributed by atoms with Gasteiger partial charge in [-0.3, -0.25) is 4.98 Å². The number of rotatable bonds is 5. The predicted molar refractivity (Wildman–Crippen MR) is 67.3 cm³/mol. The standard InChI is InChI=1S/C12H15N3S/c13-7-3-1-5-10-9-16-12(15-10)11-6-2-4-8-14-11/h2,4,6,8-9H,1,3,5,7,13H2. The largest absolute Gasteiger partial charge is 0.330 e. The molecule has 2 N–H and O–H groups in total. The summed E-state index contributed by atoms with van der Waals surface area (Å²) in [5.41, 5.74) is 7.57. The molecule has 0 bridgehead atoms. The summed E-state index contributed by atoms with van der Waals surface area (Å²) in [5.74, 6) is 0. The van der Waals surface area contributed by atoms with Crippen LogP contribution in [0.5, 0.6) is 0 Å². The van der Waals surface area contributed by atoms with Gasteiger partial charge in [0.15, 0.2) is 0 Å². The number of nitrogens with two attached hydrogens (primary N) is 1. The maximum Gasteiger partial charge on any atom is 0.142 e. The van der Waals surface area contributed by atoms with Crippen molar-refractivity contribution in [3.63, 3.8) is 0 Å². The van der Waals surface area contributed by atoms with E-state index in [4.69, 9.17) is 5.73 Å². The number of thiazole rings is 1. The third-order valence-corrected chi connectivity index (χ3v) is 3.24. The highest BCUT2D eigenvalue weighted by molar-refractivity contribution is 7.13. The van der Waals surface area contributed by atoms with Crippen LogP contribution in [0, 0.1) is 0 Å². The summed E-state index contributed by atoms with van der Waals surface area (Å²) in [6.07, 6.45) is 4.99. The number of unbranched alkanes of at least 4 members (excludes halogenated alkanes) is 1. The maximum absolute atomic E-state index is 5.46. The third-order valence-electron chi connectivity index (χ3n) is 2.32. The monoisotopic (exact) mass is 233 g/mol. The van der Waals surface area contributed by atoms with Crippen molar-refractivity contribution in [3.05, 3.63) is 35.5 Å². The van der Waals surface area contributed by atoms with Crippen LogP contribution in [0.2, 0.25) is 0 Å². The van der Waals surface area contributed by atoms with E-state index in [-0.39, 0.29) is 0 Å². The minimum absolute atomic E-state index is 0.761. The Labute approximate surface area is 99.4 Å². The number of pyridine rings is 1. The number of hydrogen-bond acceptors (Lipinski definition) is 4. The smallest absolute Gasteiger partial charge is 0.142 e. The molecule has 0 fully saturated rings. The molecular weight excluding hydrogens is 218 g/mol. The minimum atomic E-state index is 0.761. The normalized spacial score (nSPS) is 10.6. The van der Waals surface area contributed by atoms with Crippen molar-refractivity contribution in [1.29, 1.82) is 0 Å². The molecule has 0 atom stereocenters. The molecule has 0 saturated carbocycles. The van der Waals surface area contributed by atoms with Crippen molar-refractivity contribution in [1.82, 2.24) is 9.97 Å². The molecule has 84 valence electrons. The molecule has 0 aliphatic heterocycles. The summed E-state index contributed by atoms with van der Waals surface area (Å²) >= 11 is 1.66. The van der Waals surface area contributed by atoms with Crippen LogP contribution < -0.4 is 5.73 Å². The van der Waals surface area contributed by atoms with Crippen molar-refractivity contribution < 1.29 is 0 Å². The van der Waals surface area contributed by atoms with Gasteiger partial charge in [-0.05, 0) is 37.9 Å². The molecule has 2 rings (SSSR count). The Morgan fingerprint density at radius 3 is 2.94 bits per heavy atom. The highest BCUT2D eigenvalue weighted by atomic mass is 32.1. The lowest BCUT2D eigenvalue weighted by molar-refractivity contribution is 0.736. The van der Waals surface area contributed by atoms with E-state index in [9.17, 15) is 0 Å². The topological polar surface area (TPSA) is 51.8 Å². The molecule has 0 amide bonds. The molecule has 4 heteroatoms. The molecule has 0 unspecified atom stereocenters. The fourth-order valence-corrected chi connectivity index (χ4v) is 2.31. The number of aromatic nitrogens is 2. The van der Waals surface area contributed by atoms with Gasteiger partial charge in [0.25, 0.3) is 0 Å². The number of nitrogens with zero attached hydrogens (tertiary/aromatic N) is 2. The van der Waals surface area contributed by atoms with E-state index in [2.05, 4.69) is 15.3 Å². The summed E-state index contributed by atoms with van der Waals surface area (Å²) in [6, 6.07) is 5.89. The molecule has 0 aliphatic carbocycles. The minimum Gasteiger partial charge on any atom is -0.330 e. The summed E-state index contributed by atoms with van der Waals surface area (Å²) in [7, 11) is 0. The van der Waals surface area contributed by atoms with Gasteiger partial charge in [0, 0.05) is 11.6 Å². The molecule has 0 radical (unpaired) electrons. The molecule has 3 nitrogen and oxygen atoms in total. The van der Waals surface area contributed by atoms with Gasteiger partial charge >= 0.3 is 0 Å². The lowest BCUT2D eigenvalue weighted by Gasteiger charge is -1.95. The van der Waals surface area contributed by atoms with Gasteiger partial charge in [-0.1, -0.05) is 6.07 Å². The molecule has 0 aliphatic rings. The quantitative estimate of drug-likeness (QED) is 0.807. The Morgan fingerprint density at radius 2 is 2.19 bits per heavy atom. The summed E-state index contributed by atoms with van der Waals surface area (Å²) < 4.78 is 0. The van der Waals surface area contributed by atoms with Crippen LogP contribution >= 0.6 is 11.3 Å². The first kappa shape index (κ1) is 11.2. The SMILES string of the molecule is NCCCCc1csc(-c2ccccn2)n1. The van der Waals surface area contributed by atoms with E-state index in [0.717, 1.165) is 42.2 Å². The fraction of sp³-hybridized carbons (Fsp3) is 0.333. The molecule has 0 saturated heterocycles. The van der Waals surface area contributed by atoms with Gasteiger partial charge in [-0.25, -0.2) is 4.98 Å². The lowest BCUT2D eigenvalue weighted by Crippen LogP contribution is -1.99. The lowest BCUT2D eigenvalue weighted by atomic mass is 10.2. The molecule has 16 heavy (non-hydrogen) atoms. The summed E-state index contributed by atoms with van der Waals surface area (Å²) in [5, 5.41) is 3.11. The third kappa shape index (κ3) is 2.87. The first-order valence-electron chi connectivity index (χ1n) is 5.46. The van der Waals surface area contributed by atoms with Crippen LogP contribution in [0.3, 0.4) is 0 Å². The average Bonchev–Trinajstić information content (AvgIpc) is 2.79. The molecular formula is C12H15N3S. The van der Waals surface area contributed by atoms with Crippen molar-refractivity contribution in [2.45, 2.75) is 19.3 Å². The Kier molecular flexibility index (Phi) is 4.02. The van der Waals surface area contributed by atoms with Crippen LogP contribution in [-0.4, -0.2) is 16.5 Å². The van der Waals surface area contributed by atoms with E-state index in [1.54, 1.807) is 17.5 Å². The fourth-order valence-electron chi connectivity index (χ4n) is 1.48. The highest BCUT2D eigenvalue weighted by Crippen LogP contribution is 2.21. The molecule has 0 spiro atoms. The van der Waals surface area contributed by atoms with Crippen LogP contribution in [0.15, 0.2) is 29.8 Å². The maximum atomic E-state index is 5.46. The number of aryl methyl sites for hydroxylation is 1. The second-order valence-electron chi connectivity index (χ2n) is 3.60. The molecule has 2 heterocycles. The zero-order valence-electron chi connectivity index (χ0n) is 9.10. The van der Waals surface area contributed by atoms with Gasteiger partial charge in [0.1, 0.15) is 5.01 Å². The van der Waals surface area contributed by atoms with Crippen LogP contribution in [-0.2, 0) is 6.42 Å². The van der Waals surface area contributed by atoms with Gasteiger partial charge in [0.2, 0.25) is 0 Å². The van der Waals surface area contributed by atoms with Gasteiger partial charge in [0.05, 0.1) is 11.4 Å². The second kappa shape index (κ2) is 5.72. The summed E-state index contributed by atoms with van der Waals surface area (Å²) in [6.45, 7) is 0.761. The van der Waals surface area contributed by atoms with Crippen LogP contribution in [0.4, 0.5) is 0 Å². The van der Waals surface area contributed by atoms with Gasteiger partial charge in [-0.2, -0.15) is 0 Å². The predicted octanol–water partition coefficient (Wildman–Crippen LogP) is 2.49. The molecule has 2 aromatic rings. The van der Waals surface area contributed by atoms with Gasteiger partial charge in [-0.15, -0.1) is 11.3 Å². The van der Waals surface area contributed by atoms with Crippen LogP contribution in [0.1, 0.15) is 18.5 Å². The van der Waals surface area contributed by atoms with E-state index in [0.29, 0.717) is 0 Å². The Balaban J connectivity index is 2.02. The number of hydrogen-bond donors (Lipinski definition) is 1. The van der Waals surface area contributed by atoms with Crippen molar-refractivity contribution in [2.75, 3.05) is 6.54 Å². The zero-order chi connectivity index (χ0) is 11.2. The van der Waals surface area contributed by atoms with Crippen molar-refractivity contribution in [3.8, 4) is 10.7 Å². The first-order chi connectivity index (χ1) is 7.90. The highest BCUT2D eigenvalue weighted by Gasteiger charge is 2.04. The summed E-state index contributed by atoms with van der Waals surface area (Å²) in [4.78, 5) is 8.85. The van der Waals surface area contributed by atoms with E-state index in [1.807, 2.05) is 18.2 Å². The van der Waals surface area contributed by atoms with Crippen molar-refractivity contribution in [2.24, 2.45) is 5.73 Å². The first-order valence-corrected chi connectivity index (χ1v) is 6.34. The van der Waals surface area contributed by atoms with E-state index >= 15 is 0 Å². The van der Waals surface area contributed by atoms with Gasteiger partial charge < -0.3 is 5.73 Å².